The highest BCUT2D eigenvalue weighted by Crippen LogP contribution is 2.29. The number of amides is 1. The van der Waals surface area contributed by atoms with E-state index >= 15 is 0 Å². The quantitative estimate of drug-likeness (QED) is 0.246. The number of aromatic hydroxyl groups is 1. The molecule has 0 spiro atoms. The zero-order valence-corrected chi connectivity index (χ0v) is 21.4. The molecular formula is C24H30N4O5S2. The molecule has 2 atom stereocenters. The normalized spacial score (nSPS) is 13.3. The van der Waals surface area contributed by atoms with Crippen LogP contribution in [0.3, 0.4) is 0 Å². The van der Waals surface area contributed by atoms with Crippen molar-refractivity contribution in [2.45, 2.75) is 38.8 Å². The number of aliphatic hydroxyl groups excluding tert-OH is 1. The van der Waals surface area contributed by atoms with E-state index in [2.05, 4.69) is 20.3 Å². The highest BCUT2D eigenvalue weighted by molar-refractivity contribution is 7.92. The van der Waals surface area contributed by atoms with Gasteiger partial charge in [-0.1, -0.05) is 18.2 Å². The smallest absolute Gasteiger partial charge is 0.230 e. The summed E-state index contributed by atoms with van der Waals surface area (Å²) in [5.74, 6) is -0.332. The fraction of sp³-hybridized carbons (Fsp3) is 0.333. The third-order valence-electron chi connectivity index (χ3n) is 5.26. The van der Waals surface area contributed by atoms with Crippen molar-refractivity contribution in [2.24, 2.45) is 0 Å². The molecule has 0 aliphatic rings. The van der Waals surface area contributed by atoms with Crippen LogP contribution < -0.4 is 15.4 Å². The maximum absolute atomic E-state index is 12.2. The number of aromatic nitrogens is 1. The maximum atomic E-state index is 12.2. The molecule has 9 nitrogen and oxygen atoms in total. The summed E-state index contributed by atoms with van der Waals surface area (Å²) in [6, 6.07) is 11.6. The molecule has 2 unspecified atom stereocenters. The minimum Gasteiger partial charge on any atom is -0.506 e. The van der Waals surface area contributed by atoms with E-state index < -0.39 is 16.1 Å². The van der Waals surface area contributed by atoms with Crippen molar-refractivity contribution in [3.05, 3.63) is 69.7 Å². The van der Waals surface area contributed by atoms with Crippen molar-refractivity contribution in [1.29, 1.82) is 0 Å². The summed E-state index contributed by atoms with van der Waals surface area (Å²) >= 11 is 1.52. The van der Waals surface area contributed by atoms with Crippen LogP contribution in [0.5, 0.6) is 5.75 Å². The number of benzene rings is 2. The Morgan fingerprint density at radius 2 is 1.89 bits per heavy atom. The van der Waals surface area contributed by atoms with E-state index in [0.29, 0.717) is 24.2 Å². The molecule has 0 fully saturated rings. The molecule has 0 radical (unpaired) electrons. The number of nitrogens with zero attached hydrogens (tertiary/aromatic N) is 1. The minimum atomic E-state index is -3.56. The van der Waals surface area contributed by atoms with Gasteiger partial charge in [0.1, 0.15) is 5.75 Å². The van der Waals surface area contributed by atoms with Crippen LogP contribution in [0.2, 0.25) is 0 Å². The summed E-state index contributed by atoms with van der Waals surface area (Å²) in [6.07, 6.45) is 1.03. The molecular weight excluding hydrogens is 488 g/mol. The Kier molecular flexibility index (Phi) is 8.84. The summed E-state index contributed by atoms with van der Waals surface area (Å²) in [6.45, 7) is 4.33. The molecule has 0 aliphatic heterocycles. The molecule has 3 aromatic rings. The standard InChI is InChI=1S/C24H30N4O5S2/c1-15(24(31)18-6-9-22(29)21(12-18)28-35(3,32)33)25-11-10-17-4-7-19(8-5-17)27-23(30)13-20-14-34-16(2)26-20/h4-9,12,14-15,24-25,28-29,31H,10-11,13H2,1-3H3,(H,27,30). The van der Waals surface area contributed by atoms with Gasteiger partial charge in [0.25, 0.3) is 0 Å². The number of anilines is 2. The van der Waals surface area contributed by atoms with Gasteiger partial charge in [0, 0.05) is 17.1 Å². The van der Waals surface area contributed by atoms with Gasteiger partial charge < -0.3 is 20.8 Å². The van der Waals surface area contributed by atoms with Gasteiger partial charge >= 0.3 is 0 Å². The average molecular weight is 519 g/mol. The Bertz CT molecular complexity index is 1260. The first-order valence-corrected chi connectivity index (χ1v) is 13.8. The number of thiazole rings is 1. The Hall–Kier alpha value is -2.99. The molecule has 11 heteroatoms. The van der Waals surface area contributed by atoms with Crippen molar-refractivity contribution in [2.75, 3.05) is 22.8 Å². The fourth-order valence-electron chi connectivity index (χ4n) is 3.48. The van der Waals surface area contributed by atoms with Crippen LogP contribution in [0.1, 0.15) is 34.9 Å². The number of phenols is 1. The van der Waals surface area contributed by atoms with E-state index in [0.717, 1.165) is 22.5 Å². The van der Waals surface area contributed by atoms with Crippen LogP contribution in [0.15, 0.2) is 47.8 Å². The third-order valence-corrected chi connectivity index (χ3v) is 6.67. The van der Waals surface area contributed by atoms with Crippen molar-refractivity contribution < 1.29 is 23.4 Å². The molecule has 0 bridgehead atoms. The number of hydrogen-bond donors (Lipinski definition) is 5. The lowest BCUT2D eigenvalue weighted by molar-refractivity contribution is -0.115. The molecule has 1 amide bonds. The lowest BCUT2D eigenvalue weighted by Gasteiger charge is -2.21. The van der Waals surface area contributed by atoms with Gasteiger partial charge in [-0.25, -0.2) is 13.4 Å². The second-order valence-corrected chi connectivity index (χ2v) is 11.2. The first kappa shape index (κ1) is 26.6. The van der Waals surface area contributed by atoms with Crippen LogP contribution in [0, 0.1) is 6.92 Å². The lowest BCUT2D eigenvalue weighted by Crippen LogP contribution is -2.33. The van der Waals surface area contributed by atoms with Gasteiger partial charge in [-0.2, -0.15) is 0 Å². The average Bonchev–Trinajstić information content (AvgIpc) is 3.19. The molecule has 3 rings (SSSR count). The molecule has 0 saturated carbocycles. The molecule has 188 valence electrons. The molecule has 0 saturated heterocycles. The highest BCUT2D eigenvalue weighted by atomic mass is 32.2. The largest absolute Gasteiger partial charge is 0.506 e. The lowest BCUT2D eigenvalue weighted by atomic mass is 10.0. The number of hydrogen-bond acceptors (Lipinski definition) is 8. The zero-order valence-electron chi connectivity index (χ0n) is 19.8. The summed E-state index contributed by atoms with van der Waals surface area (Å²) in [5, 5.41) is 29.5. The number of carbonyl (C=O) groups is 1. The van der Waals surface area contributed by atoms with Crippen molar-refractivity contribution in [3.8, 4) is 5.75 Å². The van der Waals surface area contributed by atoms with E-state index in [1.807, 2.05) is 43.5 Å². The second-order valence-electron chi connectivity index (χ2n) is 8.37. The first-order valence-electron chi connectivity index (χ1n) is 11.0. The van der Waals surface area contributed by atoms with Gasteiger partial charge in [0.05, 0.1) is 35.2 Å². The number of aliphatic hydroxyl groups is 1. The zero-order chi connectivity index (χ0) is 25.6. The fourth-order valence-corrected chi connectivity index (χ4v) is 4.65. The van der Waals surface area contributed by atoms with E-state index in [1.165, 1.54) is 23.5 Å². The Morgan fingerprint density at radius 3 is 2.51 bits per heavy atom. The summed E-state index contributed by atoms with van der Waals surface area (Å²) in [7, 11) is -3.56. The number of phenolic OH excluding ortho intramolecular Hbond substituents is 1. The van der Waals surface area contributed by atoms with E-state index in [1.54, 1.807) is 6.07 Å². The van der Waals surface area contributed by atoms with Gasteiger partial charge in [-0.05, 0) is 62.2 Å². The van der Waals surface area contributed by atoms with Gasteiger partial charge in [0.2, 0.25) is 15.9 Å². The first-order chi connectivity index (χ1) is 16.5. The van der Waals surface area contributed by atoms with Crippen molar-refractivity contribution in [3.63, 3.8) is 0 Å². The van der Waals surface area contributed by atoms with Crippen LogP contribution >= 0.6 is 11.3 Å². The predicted molar refractivity (Wildman–Crippen MR) is 138 cm³/mol. The number of carbonyl (C=O) groups excluding carboxylic acids is 1. The summed E-state index contributed by atoms with van der Waals surface area (Å²) in [4.78, 5) is 16.5. The number of rotatable bonds is 11. The molecule has 0 aliphatic carbocycles. The second kappa shape index (κ2) is 11.6. The highest BCUT2D eigenvalue weighted by Gasteiger charge is 2.18. The Labute approximate surface area is 209 Å². The molecule has 2 aromatic carbocycles. The monoisotopic (exact) mass is 518 g/mol. The van der Waals surface area contributed by atoms with Crippen LogP contribution in [0.25, 0.3) is 0 Å². The van der Waals surface area contributed by atoms with Crippen LogP contribution in [-0.4, -0.2) is 48.4 Å². The Balaban J connectivity index is 1.48. The molecule has 1 heterocycles. The SMILES string of the molecule is Cc1nc(CC(=O)Nc2ccc(CCNC(C)C(O)c3ccc(O)c(NS(C)(=O)=O)c3)cc2)cs1. The number of sulfonamides is 1. The summed E-state index contributed by atoms with van der Waals surface area (Å²) < 4.78 is 25.2. The Morgan fingerprint density at radius 1 is 1.17 bits per heavy atom. The van der Waals surface area contributed by atoms with Gasteiger partial charge in [0.15, 0.2) is 0 Å². The van der Waals surface area contributed by atoms with Gasteiger partial charge in [-0.3, -0.25) is 9.52 Å². The number of nitrogens with one attached hydrogen (secondary N) is 3. The molecule has 5 N–H and O–H groups in total. The third kappa shape index (κ3) is 8.32. The topological polar surface area (TPSA) is 141 Å². The summed E-state index contributed by atoms with van der Waals surface area (Å²) in [5.41, 5.74) is 3.04. The van der Waals surface area contributed by atoms with Crippen molar-refractivity contribution in [1.82, 2.24) is 10.3 Å². The molecule has 1 aromatic heterocycles. The minimum absolute atomic E-state index is 0.0186. The van der Waals surface area contributed by atoms with Gasteiger partial charge in [-0.15, -0.1) is 11.3 Å². The van der Waals surface area contributed by atoms with E-state index in [9.17, 15) is 23.4 Å². The predicted octanol–water partition coefficient (Wildman–Crippen LogP) is 2.96. The van der Waals surface area contributed by atoms with Crippen LogP contribution in [-0.2, 0) is 27.7 Å². The van der Waals surface area contributed by atoms with E-state index in [-0.39, 0.29) is 29.8 Å². The van der Waals surface area contributed by atoms with E-state index in [4.69, 9.17) is 0 Å². The molecule has 35 heavy (non-hydrogen) atoms. The van der Waals surface area contributed by atoms with Crippen molar-refractivity contribution >= 4 is 38.6 Å². The maximum Gasteiger partial charge on any atom is 0.230 e. The van der Waals surface area contributed by atoms with Crippen LogP contribution in [0.4, 0.5) is 11.4 Å². The number of aryl methyl sites for hydroxylation is 1.